The quantitative estimate of drug-likeness (QED) is 0.496. The Morgan fingerprint density at radius 1 is 0.690 bits per heavy atom. The molecule has 0 unspecified atom stereocenters. The van der Waals surface area contributed by atoms with Crippen molar-refractivity contribution >= 4 is 11.9 Å². The molecule has 0 spiro atoms. The second-order valence-electron chi connectivity index (χ2n) is 7.01. The van der Waals surface area contributed by atoms with Crippen LogP contribution in [0.1, 0.15) is 21.5 Å². The highest BCUT2D eigenvalue weighted by atomic mass is 16.1. The normalized spacial score (nSPS) is 10.6. The van der Waals surface area contributed by atoms with Crippen molar-refractivity contribution in [3.63, 3.8) is 0 Å². The molecule has 1 aromatic heterocycles. The number of nitrogens with one attached hydrogen (secondary N) is 1. The van der Waals surface area contributed by atoms with Gasteiger partial charge in [0.15, 0.2) is 0 Å². The number of hydrogen-bond donors (Lipinski definition) is 1. The van der Waals surface area contributed by atoms with Crippen LogP contribution in [0.15, 0.2) is 84.9 Å². The van der Waals surface area contributed by atoms with Crippen molar-refractivity contribution < 1.29 is 4.79 Å². The van der Waals surface area contributed by atoms with Gasteiger partial charge < -0.3 is 0 Å². The smallest absolute Gasteiger partial charge is 0.258 e. The van der Waals surface area contributed by atoms with Gasteiger partial charge in [-0.3, -0.25) is 10.1 Å². The molecule has 29 heavy (non-hydrogen) atoms. The molecule has 4 aromatic rings. The Morgan fingerprint density at radius 2 is 1.21 bits per heavy atom. The number of nitrogens with zero attached hydrogens (tertiary/aromatic N) is 2. The molecule has 142 valence electrons. The van der Waals surface area contributed by atoms with Gasteiger partial charge in [-0.25, -0.2) is 9.97 Å². The SMILES string of the molecule is Cc1ccc(C(=O)Nc2nc(-c3ccccc3)cc(-c3ccc(C)cc3)n2)cc1. The second kappa shape index (κ2) is 8.07. The summed E-state index contributed by atoms with van der Waals surface area (Å²) >= 11 is 0. The van der Waals surface area contributed by atoms with Crippen molar-refractivity contribution in [1.29, 1.82) is 0 Å². The lowest BCUT2D eigenvalue weighted by Gasteiger charge is -2.10. The molecule has 0 saturated heterocycles. The predicted molar refractivity (Wildman–Crippen MR) is 117 cm³/mol. The van der Waals surface area contributed by atoms with Crippen LogP contribution < -0.4 is 5.32 Å². The summed E-state index contributed by atoms with van der Waals surface area (Å²) in [5.41, 5.74) is 6.31. The zero-order valence-electron chi connectivity index (χ0n) is 16.4. The molecule has 0 aliphatic heterocycles. The third-order valence-electron chi connectivity index (χ3n) is 4.68. The molecule has 4 rings (SSSR count). The van der Waals surface area contributed by atoms with E-state index in [0.717, 1.165) is 28.1 Å². The van der Waals surface area contributed by atoms with E-state index in [1.165, 1.54) is 5.56 Å². The molecule has 4 heteroatoms. The fraction of sp³-hybridized carbons (Fsp3) is 0.0800. The standard InChI is InChI=1S/C25H21N3O/c1-17-8-12-20(13-9-17)23-16-22(19-6-4-3-5-7-19)26-25(27-23)28-24(29)21-14-10-18(2)11-15-21/h3-16H,1-2H3,(H,26,27,28,29). The fourth-order valence-electron chi connectivity index (χ4n) is 3.01. The van der Waals surface area contributed by atoms with Crippen LogP contribution >= 0.6 is 0 Å². The number of aromatic nitrogens is 2. The number of rotatable bonds is 4. The molecule has 0 bridgehead atoms. The van der Waals surface area contributed by atoms with Crippen LogP contribution in [0.4, 0.5) is 5.95 Å². The molecular formula is C25H21N3O. The van der Waals surface area contributed by atoms with Gasteiger partial charge in [0.25, 0.3) is 5.91 Å². The maximum absolute atomic E-state index is 12.7. The molecule has 0 aliphatic carbocycles. The average Bonchev–Trinajstić information content (AvgIpc) is 2.75. The Hall–Kier alpha value is -3.79. The van der Waals surface area contributed by atoms with Crippen LogP contribution in [0.3, 0.4) is 0 Å². The molecule has 1 heterocycles. The first-order valence-electron chi connectivity index (χ1n) is 9.48. The molecule has 0 fully saturated rings. The van der Waals surface area contributed by atoms with Gasteiger partial charge in [0.1, 0.15) is 0 Å². The lowest BCUT2D eigenvalue weighted by molar-refractivity contribution is 0.102. The zero-order valence-corrected chi connectivity index (χ0v) is 16.4. The van der Waals surface area contributed by atoms with E-state index >= 15 is 0 Å². The maximum atomic E-state index is 12.7. The number of carbonyl (C=O) groups is 1. The Morgan fingerprint density at radius 3 is 1.79 bits per heavy atom. The van der Waals surface area contributed by atoms with Crippen LogP contribution in [-0.2, 0) is 0 Å². The lowest BCUT2D eigenvalue weighted by Crippen LogP contribution is -2.14. The molecule has 1 amide bonds. The van der Waals surface area contributed by atoms with Crippen LogP contribution in [-0.4, -0.2) is 15.9 Å². The van der Waals surface area contributed by atoms with Gasteiger partial charge in [0.2, 0.25) is 5.95 Å². The summed E-state index contributed by atoms with van der Waals surface area (Å²) in [6, 6.07) is 27.4. The van der Waals surface area contributed by atoms with Crippen molar-refractivity contribution in [1.82, 2.24) is 9.97 Å². The van der Waals surface area contributed by atoms with E-state index in [4.69, 9.17) is 0 Å². The number of carbonyl (C=O) groups excluding carboxylic acids is 1. The van der Waals surface area contributed by atoms with Gasteiger partial charge in [0, 0.05) is 16.7 Å². The summed E-state index contributed by atoms with van der Waals surface area (Å²) in [7, 11) is 0. The molecule has 0 saturated carbocycles. The molecule has 3 aromatic carbocycles. The minimum atomic E-state index is -0.231. The Kier molecular flexibility index (Phi) is 5.16. The van der Waals surface area contributed by atoms with E-state index in [-0.39, 0.29) is 11.9 Å². The highest BCUT2D eigenvalue weighted by molar-refractivity contribution is 6.03. The largest absolute Gasteiger partial charge is 0.290 e. The molecule has 0 aliphatic rings. The van der Waals surface area contributed by atoms with E-state index in [0.29, 0.717) is 5.56 Å². The number of benzene rings is 3. The summed E-state index contributed by atoms with van der Waals surface area (Å²) in [4.78, 5) is 21.9. The molecule has 0 radical (unpaired) electrons. The Balaban J connectivity index is 1.74. The zero-order chi connectivity index (χ0) is 20.2. The highest BCUT2D eigenvalue weighted by Gasteiger charge is 2.12. The van der Waals surface area contributed by atoms with E-state index in [9.17, 15) is 4.79 Å². The van der Waals surface area contributed by atoms with Crippen molar-refractivity contribution in [2.45, 2.75) is 13.8 Å². The topological polar surface area (TPSA) is 54.9 Å². The molecule has 1 N–H and O–H groups in total. The van der Waals surface area contributed by atoms with E-state index in [1.54, 1.807) is 12.1 Å². The Labute approximate surface area is 170 Å². The third-order valence-corrected chi connectivity index (χ3v) is 4.68. The monoisotopic (exact) mass is 379 g/mol. The van der Waals surface area contributed by atoms with Crippen LogP contribution in [0, 0.1) is 13.8 Å². The number of hydrogen-bond acceptors (Lipinski definition) is 3. The van der Waals surface area contributed by atoms with Crippen LogP contribution in [0.2, 0.25) is 0 Å². The van der Waals surface area contributed by atoms with Crippen LogP contribution in [0.25, 0.3) is 22.5 Å². The number of amides is 1. The minimum absolute atomic E-state index is 0.231. The van der Waals surface area contributed by atoms with E-state index in [1.807, 2.05) is 86.6 Å². The van der Waals surface area contributed by atoms with E-state index < -0.39 is 0 Å². The highest BCUT2D eigenvalue weighted by Crippen LogP contribution is 2.25. The summed E-state index contributed by atoms with van der Waals surface area (Å²) in [5.74, 6) is 0.0533. The lowest BCUT2D eigenvalue weighted by atomic mass is 10.1. The minimum Gasteiger partial charge on any atom is -0.290 e. The van der Waals surface area contributed by atoms with Gasteiger partial charge in [-0.05, 0) is 32.0 Å². The van der Waals surface area contributed by atoms with Gasteiger partial charge >= 0.3 is 0 Å². The van der Waals surface area contributed by atoms with Crippen molar-refractivity contribution in [3.8, 4) is 22.5 Å². The number of aryl methyl sites for hydroxylation is 2. The van der Waals surface area contributed by atoms with Gasteiger partial charge in [0.05, 0.1) is 11.4 Å². The first-order chi connectivity index (χ1) is 14.1. The Bertz CT molecular complexity index is 1140. The van der Waals surface area contributed by atoms with Gasteiger partial charge in [-0.2, -0.15) is 0 Å². The molecular weight excluding hydrogens is 358 g/mol. The average molecular weight is 379 g/mol. The fourth-order valence-corrected chi connectivity index (χ4v) is 3.01. The summed E-state index contributed by atoms with van der Waals surface area (Å²) in [6.45, 7) is 4.04. The summed E-state index contributed by atoms with van der Waals surface area (Å²) in [5, 5.41) is 2.85. The first-order valence-corrected chi connectivity index (χ1v) is 9.48. The molecule has 4 nitrogen and oxygen atoms in total. The van der Waals surface area contributed by atoms with Gasteiger partial charge in [-0.15, -0.1) is 0 Å². The van der Waals surface area contributed by atoms with Crippen molar-refractivity contribution in [2.75, 3.05) is 5.32 Å². The number of anilines is 1. The maximum Gasteiger partial charge on any atom is 0.258 e. The van der Waals surface area contributed by atoms with Gasteiger partial charge in [-0.1, -0.05) is 77.9 Å². The van der Waals surface area contributed by atoms with E-state index in [2.05, 4.69) is 15.3 Å². The van der Waals surface area contributed by atoms with Crippen molar-refractivity contribution in [3.05, 3.63) is 102 Å². The second-order valence-corrected chi connectivity index (χ2v) is 7.01. The van der Waals surface area contributed by atoms with Crippen molar-refractivity contribution in [2.24, 2.45) is 0 Å². The molecule has 0 atom stereocenters. The summed E-state index contributed by atoms with van der Waals surface area (Å²) < 4.78 is 0. The first kappa shape index (κ1) is 18.6. The third kappa shape index (κ3) is 4.38. The van der Waals surface area contributed by atoms with Crippen LogP contribution in [0.5, 0.6) is 0 Å². The summed E-state index contributed by atoms with van der Waals surface area (Å²) in [6.07, 6.45) is 0. The predicted octanol–water partition coefficient (Wildman–Crippen LogP) is 5.68.